The lowest BCUT2D eigenvalue weighted by Crippen LogP contribution is -1.87. The lowest BCUT2D eigenvalue weighted by atomic mass is 10.0. The molecular weight excluding hydrogens is 206 g/mol. The Bertz CT molecular complexity index is 425. The Kier molecular flexibility index (Phi) is 4.18. The number of hydrogen-bond donors (Lipinski definition) is 0. The lowest BCUT2D eigenvalue weighted by Gasteiger charge is -2.05. The number of benzene rings is 1. The van der Waals surface area contributed by atoms with Crippen molar-refractivity contribution in [1.29, 1.82) is 0 Å². The molecule has 0 aliphatic rings. The highest BCUT2D eigenvalue weighted by molar-refractivity contribution is 5.76. The van der Waals surface area contributed by atoms with Gasteiger partial charge in [-0.25, -0.2) is 8.78 Å². The van der Waals surface area contributed by atoms with E-state index in [0.717, 1.165) is 18.1 Å². The zero-order chi connectivity index (χ0) is 12.1. The highest BCUT2D eigenvalue weighted by atomic mass is 19.2. The molecule has 0 aliphatic heterocycles. The van der Waals surface area contributed by atoms with E-state index < -0.39 is 11.7 Å². The molecule has 0 bridgehead atoms. The van der Waals surface area contributed by atoms with Crippen LogP contribution in [0.3, 0.4) is 0 Å². The van der Waals surface area contributed by atoms with E-state index in [1.807, 2.05) is 19.1 Å². The standard InChI is InChI=1S/C14H14F2/c1-4-11-6-8-12(9-7-11)10(3)14(16)13(15)5-2/h5-9H,2-4H2,1H3/b14-13-. The fourth-order valence-corrected chi connectivity index (χ4v) is 1.30. The second-order valence-corrected chi connectivity index (χ2v) is 3.40. The largest absolute Gasteiger partial charge is 0.204 e. The van der Waals surface area contributed by atoms with Crippen molar-refractivity contribution < 1.29 is 8.78 Å². The van der Waals surface area contributed by atoms with E-state index in [2.05, 4.69) is 13.2 Å². The van der Waals surface area contributed by atoms with E-state index in [0.29, 0.717) is 5.56 Å². The lowest BCUT2D eigenvalue weighted by molar-refractivity contribution is 0.578. The van der Waals surface area contributed by atoms with Crippen molar-refractivity contribution in [3.63, 3.8) is 0 Å². The van der Waals surface area contributed by atoms with E-state index in [1.54, 1.807) is 12.1 Å². The summed E-state index contributed by atoms with van der Waals surface area (Å²) in [6, 6.07) is 7.22. The van der Waals surface area contributed by atoms with E-state index >= 15 is 0 Å². The number of aryl methyl sites for hydroxylation is 1. The van der Waals surface area contributed by atoms with Crippen molar-refractivity contribution in [2.45, 2.75) is 13.3 Å². The van der Waals surface area contributed by atoms with Crippen LogP contribution in [0.2, 0.25) is 0 Å². The molecule has 1 aromatic rings. The Morgan fingerprint density at radius 2 is 1.81 bits per heavy atom. The van der Waals surface area contributed by atoms with Crippen LogP contribution in [0.4, 0.5) is 8.78 Å². The Balaban J connectivity index is 3.01. The molecule has 2 heteroatoms. The zero-order valence-corrected chi connectivity index (χ0v) is 9.26. The fourth-order valence-electron chi connectivity index (χ4n) is 1.30. The van der Waals surface area contributed by atoms with Gasteiger partial charge in [0.2, 0.25) is 0 Å². The van der Waals surface area contributed by atoms with Crippen molar-refractivity contribution in [3.05, 3.63) is 66.3 Å². The summed E-state index contributed by atoms with van der Waals surface area (Å²) in [6.45, 7) is 8.73. The summed E-state index contributed by atoms with van der Waals surface area (Å²) in [5, 5.41) is 0. The Labute approximate surface area is 94.6 Å². The minimum atomic E-state index is -0.982. The molecule has 0 nitrogen and oxygen atoms in total. The highest BCUT2D eigenvalue weighted by Crippen LogP contribution is 2.26. The molecule has 0 heterocycles. The average molecular weight is 220 g/mol. The first-order valence-electron chi connectivity index (χ1n) is 5.06. The van der Waals surface area contributed by atoms with Crippen molar-refractivity contribution >= 4 is 5.57 Å². The van der Waals surface area contributed by atoms with Crippen molar-refractivity contribution in [2.75, 3.05) is 0 Å². The first-order valence-corrected chi connectivity index (χ1v) is 5.06. The fraction of sp³-hybridized carbons (Fsp3) is 0.143. The molecule has 0 aliphatic carbocycles. The van der Waals surface area contributed by atoms with Gasteiger partial charge in [0.1, 0.15) is 0 Å². The van der Waals surface area contributed by atoms with Gasteiger partial charge >= 0.3 is 0 Å². The van der Waals surface area contributed by atoms with Gasteiger partial charge in [-0.2, -0.15) is 0 Å². The summed E-state index contributed by atoms with van der Waals surface area (Å²) in [4.78, 5) is 0. The SMILES string of the molecule is C=C/C(F)=C(/F)C(=C)c1ccc(CC)cc1. The summed E-state index contributed by atoms with van der Waals surface area (Å²) in [5.74, 6) is -1.94. The summed E-state index contributed by atoms with van der Waals surface area (Å²) in [5.41, 5.74) is 1.76. The monoisotopic (exact) mass is 220 g/mol. The summed E-state index contributed by atoms with van der Waals surface area (Å²) in [6.07, 6.45) is 1.74. The van der Waals surface area contributed by atoms with E-state index in [-0.39, 0.29) is 5.57 Å². The van der Waals surface area contributed by atoms with Crippen LogP contribution in [0.5, 0.6) is 0 Å². The van der Waals surface area contributed by atoms with Crippen molar-refractivity contribution in [3.8, 4) is 0 Å². The molecule has 0 aromatic heterocycles. The van der Waals surface area contributed by atoms with Crippen LogP contribution in [-0.2, 0) is 6.42 Å². The topological polar surface area (TPSA) is 0 Å². The van der Waals surface area contributed by atoms with E-state index in [1.165, 1.54) is 0 Å². The maximum atomic E-state index is 13.4. The van der Waals surface area contributed by atoms with Gasteiger partial charge in [-0.1, -0.05) is 44.3 Å². The van der Waals surface area contributed by atoms with E-state index in [9.17, 15) is 8.78 Å². The molecule has 1 rings (SSSR count). The third kappa shape index (κ3) is 2.66. The van der Waals surface area contributed by atoms with Crippen LogP contribution < -0.4 is 0 Å². The number of hydrogen-bond acceptors (Lipinski definition) is 0. The van der Waals surface area contributed by atoms with Gasteiger partial charge in [-0.15, -0.1) is 0 Å². The molecule has 0 radical (unpaired) electrons. The number of halogens is 2. The summed E-state index contributed by atoms with van der Waals surface area (Å²) >= 11 is 0. The van der Waals surface area contributed by atoms with E-state index in [4.69, 9.17) is 0 Å². The second-order valence-electron chi connectivity index (χ2n) is 3.40. The molecular formula is C14H14F2. The third-order valence-corrected chi connectivity index (χ3v) is 2.36. The van der Waals surface area contributed by atoms with Crippen LogP contribution in [0.1, 0.15) is 18.1 Å². The molecule has 0 saturated heterocycles. The number of allylic oxidation sites excluding steroid dienone is 4. The Morgan fingerprint density at radius 1 is 1.25 bits per heavy atom. The van der Waals surface area contributed by atoms with Gasteiger partial charge in [0, 0.05) is 5.57 Å². The van der Waals surface area contributed by atoms with Crippen LogP contribution >= 0.6 is 0 Å². The van der Waals surface area contributed by atoms with Crippen LogP contribution in [0.15, 0.2) is 55.2 Å². The predicted octanol–water partition coefficient (Wildman–Crippen LogP) is 4.60. The Morgan fingerprint density at radius 3 is 2.25 bits per heavy atom. The zero-order valence-electron chi connectivity index (χ0n) is 9.26. The first-order chi connectivity index (χ1) is 7.60. The van der Waals surface area contributed by atoms with Crippen LogP contribution in [0, 0.1) is 0 Å². The molecule has 1 aromatic carbocycles. The molecule has 0 fully saturated rings. The normalized spacial score (nSPS) is 11.9. The molecule has 0 atom stereocenters. The van der Waals surface area contributed by atoms with Gasteiger partial charge in [0.15, 0.2) is 11.7 Å². The molecule has 0 amide bonds. The molecule has 0 unspecified atom stereocenters. The molecule has 0 spiro atoms. The van der Waals surface area contributed by atoms with Gasteiger partial charge in [-0.3, -0.25) is 0 Å². The summed E-state index contributed by atoms with van der Waals surface area (Å²) in [7, 11) is 0. The van der Waals surface area contributed by atoms with Gasteiger partial charge in [0.05, 0.1) is 0 Å². The van der Waals surface area contributed by atoms with Gasteiger partial charge < -0.3 is 0 Å². The highest BCUT2D eigenvalue weighted by Gasteiger charge is 2.09. The molecule has 16 heavy (non-hydrogen) atoms. The maximum Gasteiger partial charge on any atom is 0.166 e. The minimum Gasteiger partial charge on any atom is -0.204 e. The van der Waals surface area contributed by atoms with Crippen LogP contribution in [-0.4, -0.2) is 0 Å². The number of rotatable bonds is 4. The maximum absolute atomic E-state index is 13.4. The van der Waals surface area contributed by atoms with Gasteiger partial charge in [0.25, 0.3) is 0 Å². The smallest absolute Gasteiger partial charge is 0.166 e. The summed E-state index contributed by atoms with van der Waals surface area (Å²) < 4.78 is 26.3. The second kappa shape index (κ2) is 5.40. The Hall–Kier alpha value is -1.70. The van der Waals surface area contributed by atoms with Crippen LogP contribution in [0.25, 0.3) is 5.57 Å². The average Bonchev–Trinajstić information content (AvgIpc) is 2.36. The predicted molar refractivity (Wildman–Crippen MR) is 64.3 cm³/mol. The molecule has 84 valence electrons. The molecule has 0 N–H and O–H groups in total. The third-order valence-electron chi connectivity index (χ3n) is 2.36. The quantitative estimate of drug-likeness (QED) is 0.650. The van der Waals surface area contributed by atoms with Crippen molar-refractivity contribution in [1.82, 2.24) is 0 Å². The van der Waals surface area contributed by atoms with Gasteiger partial charge in [-0.05, 0) is 23.6 Å². The first kappa shape index (κ1) is 12.4. The minimum absolute atomic E-state index is 0.0417. The molecule has 0 saturated carbocycles. The van der Waals surface area contributed by atoms with Crippen molar-refractivity contribution in [2.24, 2.45) is 0 Å².